The van der Waals surface area contributed by atoms with Crippen LogP contribution in [0.4, 0.5) is 13.2 Å². The zero-order chi connectivity index (χ0) is 28.5. The Morgan fingerprint density at radius 1 is 0.950 bits per heavy atom. The number of nitrogens with one attached hydrogen (secondary N) is 1. The minimum atomic E-state index is -4.89. The van der Waals surface area contributed by atoms with Crippen molar-refractivity contribution in [2.75, 3.05) is 13.1 Å². The molecule has 5 rings (SSSR count). The number of hydrogen-bond donors (Lipinski definition) is 3. The highest BCUT2D eigenvalue weighted by atomic mass is 19.4. The molecule has 3 heterocycles. The van der Waals surface area contributed by atoms with Gasteiger partial charge in [0.2, 0.25) is 0 Å². The summed E-state index contributed by atoms with van der Waals surface area (Å²) in [5.41, 5.74) is -0.224. The second-order valence-electron chi connectivity index (χ2n) is 11.8. The van der Waals surface area contributed by atoms with Gasteiger partial charge in [0, 0.05) is 47.7 Å². The number of aromatic nitrogens is 2. The summed E-state index contributed by atoms with van der Waals surface area (Å²) in [5.74, 6) is -0.117. The fourth-order valence-corrected chi connectivity index (χ4v) is 6.01. The van der Waals surface area contributed by atoms with Gasteiger partial charge in [-0.1, -0.05) is 38.5 Å². The van der Waals surface area contributed by atoms with E-state index in [1.165, 1.54) is 25.3 Å². The first-order valence-electron chi connectivity index (χ1n) is 13.8. The molecule has 5 nitrogen and oxygen atoms in total. The number of rotatable bonds is 8. The number of phenols is 1. The number of H-pyrrole nitrogens is 1. The fraction of sp³-hybridized carbons (Fsp3) is 0.406. The van der Waals surface area contributed by atoms with Crippen LogP contribution in [-0.4, -0.2) is 49.9 Å². The number of piperidine rings is 1. The number of halogens is 3. The number of alkyl halides is 3. The van der Waals surface area contributed by atoms with Crippen molar-refractivity contribution in [2.45, 2.75) is 69.7 Å². The average molecular weight is 552 g/mol. The summed E-state index contributed by atoms with van der Waals surface area (Å²) in [6, 6.07) is 16.1. The van der Waals surface area contributed by atoms with Crippen molar-refractivity contribution in [3.63, 3.8) is 0 Å². The first kappa shape index (κ1) is 28.2. The molecule has 212 valence electrons. The van der Waals surface area contributed by atoms with Crippen molar-refractivity contribution in [2.24, 2.45) is 0 Å². The van der Waals surface area contributed by atoms with E-state index in [9.17, 15) is 23.4 Å². The van der Waals surface area contributed by atoms with Gasteiger partial charge in [0.05, 0.1) is 0 Å². The van der Waals surface area contributed by atoms with Crippen molar-refractivity contribution >= 4 is 10.9 Å². The van der Waals surface area contributed by atoms with Gasteiger partial charge in [-0.2, -0.15) is 13.2 Å². The van der Waals surface area contributed by atoms with Crippen LogP contribution in [0.2, 0.25) is 0 Å². The number of hydrogen-bond acceptors (Lipinski definition) is 4. The van der Waals surface area contributed by atoms with E-state index >= 15 is 0 Å². The van der Waals surface area contributed by atoms with E-state index in [-0.39, 0.29) is 5.75 Å². The molecular weight excluding hydrogens is 515 g/mol. The van der Waals surface area contributed by atoms with Gasteiger partial charge in [-0.05, 0) is 90.7 Å². The molecule has 0 saturated carbocycles. The topological polar surface area (TPSA) is 72.4 Å². The third-order valence-corrected chi connectivity index (χ3v) is 8.06. The molecule has 3 N–H and O–H groups in total. The largest absolute Gasteiger partial charge is 0.508 e. The number of aromatic amines is 1. The van der Waals surface area contributed by atoms with E-state index < -0.39 is 30.0 Å². The minimum Gasteiger partial charge on any atom is -0.508 e. The van der Waals surface area contributed by atoms with Crippen molar-refractivity contribution in [1.29, 1.82) is 0 Å². The summed E-state index contributed by atoms with van der Waals surface area (Å²) in [5, 5.41) is 22.7. The van der Waals surface area contributed by atoms with Crippen LogP contribution in [0.3, 0.4) is 0 Å². The third kappa shape index (κ3) is 6.03. The number of likely N-dealkylation sites (tertiary alicyclic amines) is 1. The summed E-state index contributed by atoms with van der Waals surface area (Å²) in [6.45, 7) is 6.17. The van der Waals surface area contributed by atoms with Crippen molar-refractivity contribution in [1.82, 2.24) is 14.9 Å². The van der Waals surface area contributed by atoms with E-state index in [1.807, 2.05) is 24.3 Å². The molecule has 1 aliphatic rings. The third-order valence-electron chi connectivity index (χ3n) is 8.06. The fourth-order valence-electron chi connectivity index (χ4n) is 6.01. The molecule has 0 bridgehead atoms. The number of aromatic hydroxyl groups is 1. The van der Waals surface area contributed by atoms with Crippen LogP contribution in [0.5, 0.6) is 5.75 Å². The Labute approximate surface area is 232 Å². The highest BCUT2D eigenvalue weighted by Crippen LogP contribution is 2.45. The zero-order valence-electron chi connectivity index (χ0n) is 22.9. The van der Waals surface area contributed by atoms with Gasteiger partial charge in [-0.25, -0.2) is 0 Å². The summed E-state index contributed by atoms with van der Waals surface area (Å²) in [4.78, 5) is 9.61. The van der Waals surface area contributed by atoms with Gasteiger partial charge < -0.3 is 15.2 Å². The summed E-state index contributed by atoms with van der Waals surface area (Å²) in [7, 11) is 0. The molecule has 0 amide bonds. The number of pyridine rings is 1. The first-order valence-corrected chi connectivity index (χ1v) is 13.8. The SMILES string of the molecule is CC(C)(CC(O)(Cc1cc2cc(CN3CCCCC3)ccc2[nH]1)C(F)(F)F)c1cc(-c2cccnc2)ccc1O. The quantitative estimate of drug-likeness (QED) is 0.218. The highest BCUT2D eigenvalue weighted by Gasteiger charge is 2.56. The van der Waals surface area contributed by atoms with Gasteiger partial charge >= 0.3 is 6.18 Å². The molecule has 1 fully saturated rings. The van der Waals surface area contributed by atoms with E-state index in [2.05, 4.69) is 14.9 Å². The molecule has 2 aromatic heterocycles. The molecule has 2 aromatic carbocycles. The van der Waals surface area contributed by atoms with E-state index in [1.54, 1.807) is 50.5 Å². The predicted molar refractivity (Wildman–Crippen MR) is 151 cm³/mol. The lowest BCUT2D eigenvalue weighted by Crippen LogP contribution is -2.50. The van der Waals surface area contributed by atoms with Crippen LogP contribution < -0.4 is 0 Å². The lowest BCUT2D eigenvalue weighted by Gasteiger charge is -2.38. The molecule has 40 heavy (non-hydrogen) atoms. The predicted octanol–water partition coefficient (Wildman–Crippen LogP) is 7.13. The Hall–Kier alpha value is -3.36. The van der Waals surface area contributed by atoms with Crippen molar-refractivity contribution in [3.05, 3.63) is 83.8 Å². The number of benzene rings is 2. The van der Waals surface area contributed by atoms with Crippen LogP contribution in [-0.2, 0) is 18.4 Å². The Balaban J connectivity index is 1.41. The molecule has 1 unspecified atom stereocenters. The number of aliphatic hydroxyl groups is 1. The lowest BCUT2D eigenvalue weighted by molar-refractivity contribution is -0.266. The molecule has 0 aliphatic carbocycles. The Morgan fingerprint density at radius 3 is 2.42 bits per heavy atom. The van der Waals surface area contributed by atoms with Crippen LogP contribution in [0.15, 0.2) is 67.0 Å². The normalized spacial score (nSPS) is 16.8. The van der Waals surface area contributed by atoms with Crippen LogP contribution in [0, 0.1) is 0 Å². The van der Waals surface area contributed by atoms with Gasteiger partial charge in [0.15, 0.2) is 5.60 Å². The maximum absolute atomic E-state index is 14.5. The van der Waals surface area contributed by atoms with E-state index in [0.717, 1.165) is 47.2 Å². The molecule has 1 saturated heterocycles. The number of fused-ring (bicyclic) bond motifs is 1. The van der Waals surface area contributed by atoms with Crippen LogP contribution >= 0.6 is 0 Å². The standard InChI is InChI=1S/C32H36F3N3O2/c1-30(2,27-17-23(9-11-29(27)39)24-7-6-12-36-19-24)21-31(40,32(33,34)35)18-26-16-25-15-22(8-10-28(25)37-26)20-38-13-4-3-5-14-38/h6-12,15-17,19,37,39-40H,3-5,13-14,18,20-21H2,1-2H3. The summed E-state index contributed by atoms with van der Waals surface area (Å²) < 4.78 is 43.6. The van der Waals surface area contributed by atoms with Crippen LogP contribution in [0.1, 0.15) is 56.4 Å². The van der Waals surface area contributed by atoms with Gasteiger partial charge in [-0.15, -0.1) is 0 Å². The monoisotopic (exact) mass is 551 g/mol. The molecule has 0 radical (unpaired) electrons. The van der Waals surface area contributed by atoms with E-state index in [4.69, 9.17) is 0 Å². The number of phenolic OH excluding ortho intramolecular Hbond substituents is 1. The summed E-state index contributed by atoms with van der Waals surface area (Å²) >= 11 is 0. The van der Waals surface area contributed by atoms with E-state index in [0.29, 0.717) is 11.3 Å². The molecule has 0 spiro atoms. The van der Waals surface area contributed by atoms with Crippen LogP contribution in [0.25, 0.3) is 22.0 Å². The zero-order valence-corrected chi connectivity index (χ0v) is 22.9. The van der Waals surface area contributed by atoms with Crippen molar-refractivity contribution < 1.29 is 23.4 Å². The molecular formula is C32H36F3N3O2. The summed E-state index contributed by atoms with van der Waals surface area (Å²) in [6.07, 6.45) is 0.773. The second kappa shape index (κ2) is 10.9. The molecule has 4 aromatic rings. The van der Waals surface area contributed by atoms with Gasteiger partial charge in [-0.3, -0.25) is 9.88 Å². The lowest BCUT2D eigenvalue weighted by atomic mass is 9.72. The van der Waals surface area contributed by atoms with Gasteiger partial charge in [0.25, 0.3) is 0 Å². The maximum atomic E-state index is 14.5. The second-order valence-corrected chi connectivity index (χ2v) is 11.8. The van der Waals surface area contributed by atoms with Gasteiger partial charge in [0.1, 0.15) is 5.75 Å². The molecule has 1 atom stereocenters. The molecule has 8 heteroatoms. The smallest absolute Gasteiger partial charge is 0.417 e. The Morgan fingerprint density at radius 2 is 1.73 bits per heavy atom. The Bertz CT molecular complexity index is 1460. The molecule has 1 aliphatic heterocycles. The highest BCUT2D eigenvalue weighted by molar-refractivity contribution is 5.81. The first-order chi connectivity index (χ1) is 18.9. The minimum absolute atomic E-state index is 0.117. The van der Waals surface area contributed by atoms with Crippen molar-refractivity contribution in [3.8, 4) is 16.9 Å². The number of nitrogens with zero attached hydrogens (tertiary/aromatic N) is 2. The Kier molecular flexibility index (Phi) is 7.68. The maximum Gasteiger partial charge on any atom is 0.417 e. The average Bonchev–Trinajstić information content (AvgIpc) is 3.30.